The molecule has 5 heteroatoms. The Kier molecular flexibility index (Phi) is 4.60. The molecule has 0 bridgehead atoms. The lowest BCUT2D eigenvalue weighted by atomic mass is 10.2. The van der Waals surface area contributed by atoms with Crippen LogP contribution in [-0.4, -0.2) is 21.3 Å². The fourth-order valence-corrected chi connectivity index (χ4v) is 4.29. The molecule has 148 valence electrons. The fraction of sp³-hybridized carbons (Fsp3) is 0.0800. The van der Waals surface area contributed by atoms with Crippen LogP contribution in [0.25, 0.3) is 27.5 Å². The van der Waals surface area contributed by atoms with Crippen LogP contribution in [0.1, 0.15) is 10.5 Å². The Hall–Kier alpha value is -3.44. The molecule has 5 aromatic rings. The Morgan fingerprint density at radius 1 is 0.867 bits per heavy atom. The van der Waals surface area contributed by atoms with Crippen LogP contribution in [0, 0.1) is 0 Å². The number of carbonyl (C=O) groups is 1. The van der Waals surface area contributed by atoms with E-state index < -0.39 is 0 Å². The smallest absolute Gasteiger partial charge is 0.272 e. The topological polar surface area (TPSA) is 39.0 Å². The van der Waals surface area contributed by atoms with Gasteiger partial charge in [0.1, 0.15) is 5.69 Å². The van der Waals surface area contributed by atoms with Crippen molar-refractivity contribution < 1.29 is 4.79 Å². The summed E-state index contributed by atoms with van der Waals surface area (Å²) < 4.78 is 4.09. The highest BCUT2D eigenvalue weighted by Crippen LogP contribution is 2.27. The highest BCUT2D eigenvalue weighted by molar-refractivity contribution is 7.98. The number of para-hydroxylation sites is 1. The van der Waals surface area contributed by atoms with Crippen LogP contribution in [-0.2, 0) is 7.05 Å². The molecule has 30 heavy (non-hydrogen) atoms. The predicted molar refractivity (Wildman–Crippen MR) is 126 cm³/mol. The zero-order chi connectivity index (χ0) is 20.7. The van der Waals surface area contributed by atoms with Gasteiger partial charge in [0.25, 0.3) is 5.91 Å². The largest absolute Gasteiger partial charge is 0.351 e. The molecule has 4 nitrogen and oxygen atoms in total. The monoisotopic (exact) mass is 411 g/mol. The van der Waals surface area contributed by atoms with Crippen molar-refractivity contribution in [2.45, 2.75) is 4.90 Å². The van der Waals surface area contributed by atoms with Crippen LogP contribution in [0.3, 0.4) is 0 Å². The third-order valence-electron chi connectivity index (χ3n) is 5.42. The minimum Gasteiger partial charge on any atom is -0.351 e. The summed E-state index contributed by atoms with van der Waals surface area (Å²) in [6.07, 6.45) is 4.08. The third kappa shape index (κ3) is 3.17. The maximum Gasteiger partial charge on any atom is 0.272 e. The van der Waals surface area contributed by atoms with E-state index in [0.717, 1.165) is 33.2 Å². The molecule has 0 spiro atoms. The number of benzene rings is 3. The van der Waals surface area contributed by atoms with E-state index >= 15 is 0 Å². The quantitative estimate of drug-likeness (QED) is 0.363. The van der Waals surface area contributed by atoms with E-state index in [-0.39, 0.29) is 5.91 Å². The Morgan fingerprint density at radius 2 is 1.63 bits per heavy atom. The number of fused-ring (bicyclic) bond motifs is 2. The summed E-state index contributed by atoms with van der Waals surface area (Å²) in [7, 11) is 2.02. The van der Waals surface area contributed by atoms with Crippen molar-refractivity contribution in [3.05, 3.63) is 90.8 Å². The van der Waals surface area contributed by atoms with Gasteiger partial charge in [0.15, 0.2) is 0 Å². The SMILES string of the molecule is CSc1ccc(-n2c(C(=O)Nc3ccc4c(ccn4C)c3)cc3ccccc32)cc1. The molecule has 0 saturated carbocycles. The van der Waals surface area contributed by atoms with E-state index in [1.165, 1.54) is 4.90 Å². The minimum absolute atomic E-state index is 0.129. The van der Waals surface area contributed by atoms with Gasteiger partial charge >= 0.3 is 0 Å². The van der Waals surface area contributed by atoms with E-state index in [1.807, 2.05) is 66.3 Å². The second-order valence-corrected chi connectivity index (χ2v) is 8.16. The van der Waals surface area contributed by atoms with Crippen LogP contribution in [0.5, 0.6) is 0 Å². The van der Waals surface area contributed by atoms with Crippen LogP contribution < -0.4 is 5.32 Å². The molecule has 3 aromatic carbocycles. The first-order valence-electron chi connectivity index (χ1n) is 9.75. The number of hydrogen-bond donors (Lipinski definition) is 1. The first-order chi connectivity index (χ1) is 14.6. The maximum absolute atomic E-state index is 13.3. The number of amides is 1. The normalized spacial score (nSPS) is 11.3. The van der Waals surface area contributed by atoms with Crippen molar-refractivity contribution in [2.75, 3.05) is 11.6 Å². The number of aromatic nitrogens is 2. The Balaban J connectivity index is 1.57. The number of aryl methyl sites for hydroxylation is 1. The van der Waals surface area contributed by atoms with Crippen molar-refractivity contribution in [1.29, 1.82) is 0 Å². The minimum atomic E-state index is -0.129. The molecular formula is C25H21N3OS. The average molecular weight is 412 g/mol. The number of nitrogens with one attached hydrogen (secondary N) is 1. The van der Waals surface area contributed by atoms with E-state index in [1.54, 1.807) is 11.8 Å². The summed E-state index contributed by atoms with van der Waals surface area (Å²) >= 11 is 1.70. The summed E-state index contributed by atoms with van der Waals surface area (Å²) in [6, 6.07) is 26.4. The van der Waals surface area contributed by atoms with Crippen molar-refractivity contribution >= 4 is 45.2 Å². The molecule has 0 fully saturated rings. The standard InChI is InChI=1S/C25H21N3OS/c1-27-14-13-18-15-19(7-12-22(18)27)26-25(29)24-16-17-5-3-4-6-23(17)28(24)20-8-10-21(30-2)11-9-20/h3-16H,1-2H3,(H,26,29). The predicted octanol–water partition coefficient (Wildman–Crippen LogP) is 6.10. The first kappa shape index (κ1) is 18.6. The van der Waals surface area contributed by atoms with Gasteiger partial charge in [-0.3, -0.25) is 4.79 Å². The highest BCUT2D eigenvalue weighted by atomic mass is 32.2. The lowest BCUT2D eigenvalue weighted by molar-refractivity contribution is 0.102. The number of carbonyl (C=O) groups excluding carboxylic acids is 1. The molecule has 5 rings (SSSR count). The van der Waals surface area contributed by atoms with Crippen LogP contribution >= 0.6 is 11.8 Å². The molecule has 1 amide bonds. The summed E-state index contributed by atoms with van der Waals surface area (Å²) in [5.41, 5.74) is 4.52. The molecule has 0 atom stereocenters. The average Bonchev–Trinajstić information content (AvgIpc) is 3.34. The van der Waals surface area contributed by atoms with Gasteiger partial charge in [-0.2, -0.15) is 0 Å². The highest BCUT2D eigenvalue weighted by Gasteiger charge is 2.17. The maximum atomic E-state index is 13.3. The molecule has 0 radical (unpaired) electrons. The molecule has 0 unspecified atom stereocenters. The van der Waals surface area contributed by atoms with Crippen LogP contribution in [0.2, 0.25) is 0 Å². The van der Waals surface area contributed by atoms with Gasteiger partial charge in [-0.25, -0.2) is 0 Å². The van der Waals surface area contributed by atoms with E-state index in [0.29, 0.717) is 5.69 Å². The van der Waals surface area contributed by atoms with E-state index in [9.17, 15) is 4.79 Å². The Bertz CT molecular complexity index is 1380. The van der Waals surface area contributed by atoms with Crippen LogP contribution in [0.15, 0.2) is 90.0 Å². The van der Waals surface area contributed by atoms with Crippen LogP contribution in [0.4, 0.5) is 5.69 Å². The van der Waals surface area contributed by atoms with Crippen molar-refractivity contribution in [3.8, 4) is 5.69 Å². The lowest BCUT2D eigenvalue weighted by Gasteiger charge is -2.12. The van der Waals surface area contributed by atoms with E-state index in [2.05, 4.69) is 46.5 Å². The number of anilines is 1. The molecule has 0 saturated heterocycles. The second kappa shape index (κ2) is 7.43. The van der Waals surface area contributed by atoms with Crippen molar-refractivity contribution in [2.24, 2.45) is 7.05 Å². The van der Waals surface area contributed by atoms with Gasteiger partial charge in [0.2, 0.25) is 0 Å². The van der Waals surface area contributed by atoms with Gasteiger partial charge < -0.3 is 14.5 Å². The Labute approximate surface area is 179 Å². The number of thioether (sulfide) groups is 1. The third-order valence-corrected chi connectivity index (χ3v) is 6.16. The molecule has 0 aliphatic rings. The second-order valence-electron chi connectivity index (χ2n) is 7.28. The van der Waals surface area contributed by atoms with Gasteiger partial charge in [-0.05, 0) is 66.9 Å². The molecular weight excluding hydrogens is 390 g/mol. The summed E-state index contributed by atoms with van der Waals surface area (Å²) in [5.74, 6) is -0.129. The zero-order valence-electron chi connectivity index (χ0n) is 16.8. The zero-order valence-corrected chi connectivity index (χ0v) is 17.6. The van der Waals surface area contributed by atoms with Gasteiger partial charge in [-0.15, -0.1) is 11.8 Å². The van der Waals surface area contributed by atoms with Crippen molar-refractivity contribution in [3.63, 3.8) is 0 Å². The van der Waals surface area contributed by atoms with E-state index in [4.69, 9.17) is 0 Å². The number of rotatable bonds is 4. The van der Waals surface area contributed by atoms with Gasteiger partial charge in [0, 0.05) is 45.8 Å². The van der Waals surface area contributed by atoms with Gasteiger partial charge in [0.05, 0.1) is 5.52 Å². The molecule has 2 aromatic heterocycles. The summed E-state index contributed by atoms with van der Waals surface area (Å²) in [6.45, 7) is 0. The summed E-state index contributed by atoms with van der Waals surface area (Å²) in [4.78, 5) is 14.5. The molecule has 2 heterocycles. The first-order valence-corrected chi connectivity index (χ1v) is 11.0. The fourth-order valence-electron chi connectivity index (χ4n) is 3.89. The Morgan fingerprint density at radius 3 is 2.43 bits per heavy atom. The summed E-state index contributed by atoms with van der Waals surface area (Å²) in [5, 5.41) is 5.22. The molecule has 0 aliphatic heterocycles. The van der Waals surface area contributed by atoms with Crippen molar-refractivity contribution in [1.82, 2.24) is 9.13 Å². The lowest BCUT2D eigenvalue weighted by Crippen LogP contribution is -2.16. The molecule has 1 N–H and O–H groups in total. The number of hydrogen-bond acceptors (Lipinski definition) is 2. The molecule has 0 aliphatic carbocycles. The van der Waals surface area contributed by atoms with Gasteiger partial charge in [-0.1, -0.05) is 18.2 Å². The number of nitrogens with zero attached hydrogens (tertiary/aromatic N) is 2.